The van der Waals surface area contributed by atoms with Crippen molar-refractivity contribution in [1.29, 1.82) is 0 Å². The second-order valence-electron chi connectivity index (χ2n) is 11.0. The number of ether oxygens (including phenoxy) is 1. The van der Waals surface area contributed by atoms with E-state index >= 15 is 0 Å². The highest BCUT2D eigenvalue weighted by molar-refractivity contribution is 7.92. The Hall–Kier alpha value is -5.32. The molecular weight excluding hydrogens is 687 g/mol. The third-order valence-corrected chi connectivity index (χ3v) is 8.85. The lowest BCUT2D eigenvalue weighted by atomic mass is 10.0. The molecule has 0 aliphatic carbocycles. The number of rotatable bonds is 8. The maximum Gasteiger partial charge on any atom is 0.267 e. The Morgan fingerprint density at radius 2 is 1.73 bits per heavy atom. The number of amides is 1. The predicted molar refractivity (Wildman–Crippen MR) is 176 cm³/mol. The van der Waals surface area contributed by atoms with Crippen LogP contribution in [0.15, 0.2) is 71.5 Å². The first kappa shape index (κ1) is 33.6. The number of para-hydroxylation sites is 1. The van der Waals surface area contributed by atoms with Crippen LogP contribution in [0.2, 0.25) is 5.02 Å². The van der Waals surface area contributed by atoms with Gasteiger partial charge in [0.1, 0.15) is 17.5 Å². The van der Waals surface area contributed by atoms with Crippen LogP contribution in [-0.2, 0) is 28.3 Å². The Morgan fingerprint density at radius 1 is 1.04 bits per heavy atom. The summed E-state index contributed by atoms with van der Waals surface area (Å²) in [4.78, 5) is 35.8. The van der Waals surface area contributed by atoms with E-state index < -0.39 is 45.0 Å². The Morgan fingerprint density at radius 3 is 2.39 bits per heavy atom. The average Bonchev–Trinajstić information content (AvgIpc) is 3.34. The zero-order chi connectivity index (χ0) is 35.4. The van der Waals surface area contributed by atoms with E-state index in [2.05, 4.69) is 15.1 Å². The fourth-order valence-electron chi connectivity index (χ4n) is 5.52. The molecule has 252 valence electrons. The SMILES string of the molecule is CC(=O)N(c1nn(C)c2c(-n3c([C@@H](N)Cc4cc(F)cc(F)c4)nc4nc(Oc5ccccc5F)ccc4c3=O)ccc(Cl)c12)S(C)(=O)=O. The number of hydrogen-bond acceptors (Lipinski definition) is 9. The van der Waals surface area contributed by atoms with Crippen molar-refractivity contribution in [3.8, 4) is 17.3 Å². The van der Waals surface area contributed by atoms with Gasteiger partial charge in [0.2, 0.25) is 21.8 Å². The summed E-state index contributed by atoms with van der Waals surface area (Å²) >= 11 is 6.57. The van der Waals surface area contributed by atoms with Crippen molar-refractivity contribution >= 4 is 55.3 Å². The normalized spacial score (nSPS) is 12.4. The predicted octanol–water partition coefficient (Wildman–Crippen LogP) is 5.09. The molecule has 0 saturated heterocycles. The molecule has 3 aromatic carbocycles. The van der Waals surface area contributed by atoms with Gasteiger partial charge in [0, 0.05) is 26.1 Å². The molecule has 0 saturated carbocycles. The average molecular weight is 712 g/mol. The Bertz CT molecular complexity index is 2470. The first-order valence-electron chi connectivity index (χ1n) is 14.4. The fourth-order valence-corrected chi connectivity index (χ4v) is 6.66. The first-order chi connectivity index (χ1) is 23.1. The van der Waals surface area contributed by atoms with E-state index in [0.717, 1.165) is 29.9 Å². The number of carbonyl (C=O) groups excluding carboxylic acids is 1. The largest absolute Gasteiger partial charge is 0.436 e. The van der Waals surface area contributed by atoms with E-state index in [4.69, 9.17) is 22.1 Å². The van der Waals surface area contributed by atoms with Gasteiger partial charge in [-0.3, -0.25) is 18.8 Å². The number of halogens is 4. The lowest BCUT2D eigenvalue weighted by Gasteiger charge is -2.20. The number of hydrogen-bond donors (Lipinski definition) is 1. The minimum atomic E-state index is -4.18. The molecule has 1 atom stereocenters. The van der Waals surface area contributed by atoms with E-state index in [9.17, 15) is 31.2 Å². The Balaban J connectivity index is 1.62. The minimum absolute atomic E-state index is 0.0104. The standard InChI is InChI=1S/C32H25ClF3N7O5S/c1-16(44)43(49(3,46)47)31-27-21(33)9-10-24(28(27)41(2)40-31)42-30(23(37)14-17-12-18(34)15-19(35)13-17)39-29-20(32(42)45)8-11-26(38-29)48-25-7-5-4-6-22(25)36/h4-13,15,23H,14,37H2,1-3H3/t23-/m0/s1. The third kappa shape index (κ3) is 6.32. The summed E-state index contributed by atoms with van der Waals surface area (Å²) in [7, 11) is -2.72. The quantitative estimate of drug-likeness (QED) is 0.227. The molecule has 1 amide bonds. The number of pyridine rings is 1. The zero-order valence-corrected chi connectivity index (χ0v) is 27.4. The third-order valence-electron chi connectivity index (χ3n) is 7.44. The van der Waals surface area contributed by atoms with Crippen molar-refractivity contribution < 1.29 is 31.1 Å². The summed E-state index contributed by atoms with van der Waals surface area (Å²) < 4.78 is 76.3. The van der Waals surface area contributed by atoms with Crippen LogP contribution in [0.4, 0.5) is 19.0 Å². The van der Waals surface area contributed by atoms with Crippen LogP contribution in [0.1, 0.15) is 24.4 Å². The molecule has 6 aromatic rings. The molecule has 0 unspecified atom stereocenters. The molecule has 6 rings (SSSR count). The van der Waals surface area contributed by atoms with Gasteiger partial charge in [-0.1, -0.05) is 23.7 Å². The van der Waals surface area contributed by atoms with Gasteiger partial charge in [0.25, 0.3) is 5.56 Å². The summed E-state index contributed by atoms with van der Waals surface area (Å²) in [6.07, 6.45) is 0.631. The molecule has 12 nitrogen and oxygen atoms in total. The number of anilines is 1. The highest BCUT2D eigenvalue weighted by Gasteiger charge is 2.31. The number of sulfonamides is 1. The van der Waals surface area contributed by atoms with Crippen molar-refractivity contribution in [2.45, 2.75) is 19.4 Å². The minimum Gasteiger partial charge on any atom is -0.436 e. The first-order valence-corrected chi connectivity index (χ1v) is 16.6. The summed E-state index contributed by atoms with van der Waals surface area (Å²) in [5, 5.41) is 4.29. The number of nitrogens with two attached hydrogens (primary N) is 1. The number of aromatic nitrogens is 5. The maximum absolute atomic E-state index is 14.4. The molecule has 0 aliphatic heterocycles. The molecule has 2 N–H and O–H groups in total. The van der Waals surface area contributed by atoms with Crippen LogP contribution in [0.3, 0.4) is 0 Å². The molecule has 0 radical (unpaired) electrons. The van der Waals surface area contributed by atoms with Gasteiger partial charge in [-0.25, -0.2) is 26.6 Å². The van der Waals surface area contributed by atoms with Crippen molar-refractivity contribution in [2.24, 2.45) is 12.8 Å². The van der Waals surface area contributed by atoms with Crippen LogP contribution in [0.25, 0.3) is 27.6 Å². The highest BCUT2D eigenvalue weighted by Crippen LogP contribution is 2.37. The lowest BCUT2D eigenvalue weighted by molar-refractivity contribution is -0.115. The number of benzene rings is 3. The van der Waals surface area contributed by atoms with E-state index in [1.165, 1.54) is 54.2 Å². The van der Waals surface area contributed by atoms with E-state index in [-0.39, 0.29) is 67.9 Å². The lowest BCUT2D eigenvalue weighted by Crippen LogP contribution is -2.34. The van der Waals surface area contributed by atoms with E-state index in [0.29, 0.717) is 10.4 Å². The maximum atomic E-state index is 14.4. The molecule has 3 heterocycles. The second kappa shape index (κ2) is 12.6. The van der Waals surface area contributed by atoms with Crippen molar-refractivity contribution in [2.75, 3.05) is 10.6 Å². The smallest absolute Gasteiger partial charge is 0.267 e. The van der Waals surface area contributed by atoms with Gasteiger partial charge in [-0.15, -0.1) is 0 Å². The molecule has 3 aromatic heterocycles. The number of aryl methyl sites for hydroxylation is 1. The molecule has 0 fully saturated rings. The Labute approximate surface area is 281 Å². The molecule has 0 aliphatic rings. The van der Waals surface area contributed by atoms with Gasteiger partial charge < -0.3 is 10.5 Å². The zero-order valence-electron chi connectivity index (χ0n) is 25.9. The van der Waals surface area contributed by atoms with Gasteiger partial charge in [0.15, 0.2) is 23.0 Å². The van der Waals surface area contributed by atoms with Crippen LogP contribution in [-0.4, -0.2) is 44.9 Å². The van der Waals surface area contributed by atoms with E-state index in [1.807, 2.05) is 0 Å². The fraction of sp³-hybridized carbons (Fsp3) is 0.156. The van der Waals surface area contributed by atoms with E-state index in [1.54, 1.807) is 6.07 Å². The number of carbonyl (C=O) groups is 1. The molecule has 49 heavy (non-hydrogen) atoms. The summed E-state index contributed by atoms with van der Waals surface area (Å²) in [6.45, 7) is 1.04. The monoisotopic (exact) mass is 711 g/mol. The summed E-state index contributed by atoms with van der Waals surface area (Å²) in [6, 6.07) is 12.8. The number of fused-ring (bicyclic) bond motifs is 2. The van der Waals surface area contributed by atoms with Crippen molar-refractivity contribution in [3.05, 3.63) is 111 Å². The van der Waals surface area contributed by atoms with Crippen molar-refractivity contribution in [1.82, 2.24) is 24.3 Å². The van der Waals surface area contributed by atoms with Crippen LogP contribution >= 0.6 is 11.6 Å². The van der Waals surface area contributed by atoms with Crippen LogP contribution < -0.4 is 20.3 Å². The van der Waals surface area contributed by atoms with Gasteiger partial charge >= 0.3 is 0 Å². The molecule has 17 heteroatoms. The summed E-state index contributed by atoms with van der Waals surface area (Å²) in [5.74, 6) is -3.86. The topological polar surface area (TPSA) is 155 Å². The molecular formula is C32H25ClF3N7O5S. The number of nitrogens with zero attached hydrogens (tertiary/aromatic N) is 6. The van der Waals surface area contributed by atoms with Crippen LogP contribution in [0.5, 0.6) is 11.6 Å². The Kier molecular flexibility index (Phi) is 8.64. The second-order valence-corrected chi connectivity index (χ2v) is 13.3. The summed E-state index contributed by atoms with van der Waals surface area (Å²) in [5.41, 5.74) is 6.13. The highest BCUT2D eigenvalue weighted by atomic mass is 35.5. The van der Waals surface area contributed by atoms with Crippen molar-refractivity contribution in [3.63, 3.8) is 0 Å². The van der Waals surface area contributed by atoms with Gasteiger partial charge in [0.05, 0.1) is 39.3 Å². The van der Waals surface area contributed by atoms with Crippen LogP contribution in [0, 0.1) is 17.5 Å². The molecule has 0 spiro atoms. The molecule has 0 bridgehead atoms. The van der Waals surface area contributed by atoms with Gasteiger partial charge in [-0.2, -0.15) is 14.4 Å². The van der Waals surface area contributed by atoms with Gasteiger partial charge in [-0.05, 0) is 54.4 Å².